The van der Waals surface area contributed by atoms with Crippen LogP contribution in [0.4, 0.5) is 9.59 Å². The zero-order valence-corrected chi connectivity index (χ0v) is 35.2. The number of fused-ring (bicyclic) bond motifs is 6. The van der Waals surface area contributed by atoms with E-state index in [9.17, 15) is 19.2 Å². The summed E-state index contributed by atoms with van der Waals surface area (Å²) in [7, 11) is 2.62. The molecule has 4 fully saturated rings. The van der Waals surface area contributed by atoms with Gasteiger partial charge in [-0.05, 0) is 89.5 Å². The van der Waals surface area contributed by atoms with Crippen molar-refractivity contribution in [1.29, 1.82) is 0 Å². The molecule has 2 aliphatic carbocycles. The first-order valence-electron chi connectivity index (χ1n) is 21.3. The van der Waals surface area contributed by atoms with Gasteiger partial charge in [0.2, 0.25) is 11.8 Å². The van der Waals surface area contributed by atoms with Crippen LogP contribution in [0.15, 0.2) is 60.8 Å². The maximum absolute atomic E-state index is 14.1. The van der Waals surface area contributed by atoms with Crippen LogP contribution in [0.25, 0.3) is 44.2 Å². The lowest BCUT2D eigenvalue weighted by atomic mass is 9.95. The molecule has 2 saturated heterocycles. The highest BCUT2D eigenvalue weighted by Crippen LogP contribution is 2.57. The van der Waals surface area contributed by atoms with Crippen LogP contribution >= 0.6 is 0 Å². The first-order chi connectivity index (χ1) is 28.9. The van der Waals surface area contributed by atoms with E-state index in [0.717, 1.165) is 81.5 Å². The van der Waals surface area contributed by atoms with Crippen molar-refractivity contribution in [3.05, 3.63) is 72.4 Å². The summed E-state index contributed by atoms with van der Waals surface area (Å²) in [6.45, 7) is 9.90. The number of aromatic nitrogens is 4. The van der Waals surface area contributed by atoms with Crippen molar-refractivity contribution in [1.82, 2.24) is 40.4 Å². The second-order valence-corrected chi connectivity index (χ2v) is 17.9. The Morgan fingerprint density at radius 2 is 1.42 bits per heavy atom. The lowest BCUT2D eigenvalue weighted by Crippen LogP contribution is -2.54. The summed E-state index contributed by atoms with van der Waals surface area (Å²) in [5, 5.41) is 7.66. The summed E-state index contributed by atoms with van der Waals surface area (Å²) in [5.41, 5.74) is 5.80. The summed E-state index contributed by atoms with van der Waals surface area (Å²) in [5.74, 6) is 2.25. The van der Waals surface area contributed by atoms with Gasteiger partial charge < -0.3 is 39.9 Å². The predicted molar refractivity (Wildman–Crippen MR) is 226 cm³/mol. The Hall–Kier alpha value is -5.92. The molecule has 9 rings (SSSR count). The molecule has 14 heteroatoms. The van der Waals surface area contributed by atoms with Crippen molar-refractivity contribution < 1.29 is 28.7 Å². The number of H-pyrrole nitrogens is 2. The number of hydrogen-bond acceptors (Lipinski definition) is 8. The minimum absolute atomic E-state index is 0.0916. The van der Waals surface area contributed by atoms with Gasteiger partial charge in [0.25, 0.3) is 0 Å². The minimum Gasteiger partial charge on any atom is -0.453 e. The van der Waals surface area contributed by atoms with E-state index in [1.807, 2.05) is 49.8 Å². The van der Waals surface area contributed by atoms with E-state index < -0.39 is 24.3 Å². The number of alkyl carbamates (subject to hydrolysis) is 2. The molecule has 2 saturated carbocycles. The second kappa shape index (κ2) is 15.3. The summed E-state index contributed by atoms with van der Waals surface area (Å²) in [6, 6.07) is 17.5. The Morgan fingerprint density at radius 1 is 0.767 bits per heavy atom. The van der Waals surface area contributed by atoms with Gasteiger partial charge in [-0.25, -0.2) is 19.6 Å². The van der Waals surface area contributed by atoms with Gasteiger partial charge in [-0.15, -0.1) is 0 Å². The van der Waals surface area contributed by atoms with Crippen molar-refractivity contribution >= 4 is 45.8 Å². The summed E-state index contributed by atoms with van der Waals surface area (Å²) >= 11 is 0. The van der Waals surface area contributed by atoms with E-state index in [0.29, 0.717) is 17.8 Å². The molecule has 2 aromatic heterocycles. The number of carbonyl (C=O) groups is 4. The van der Waals surface area contributed by atoms with E-state index in [-0.39, 0.29) is 47.8 Å². The molecule has 4 aliphatic rings. The fourth-order valence-electron chi connectivity index (χ4n) is 10.5. The van der Waals surface area contributed by atoms with Gasteiger partial charge in [-0.2, -0.15) is 0 Å². The SMILES string of the molecule is COC(=O)N[C@H](C(=O)N1[C@@H]2CC[C@@H](C2)[C@H]1c1nc2ccc3cc(-c4ccc(-c5cnc([C@@H]6C[C@H]7[C@@H](C)[C@H]7N6C(=O)[C@@H](NC(=O)OC)C(C)C)[nH]5)cc4)ccc3c2[nH]1)C(C)C. The van der Waals surface area contributed by atoms with Gasteiger partial charge in [0.05, 0.1) is 49.2 Å². The standard InChI is InChI=1S/C46H54N8O6/c1-22(2)36(51-45(57)59-6)43(55)53-30-15-12-29(19-30)40(53)42-48-33-17-14-28-18-27(13-16-31(28)38(33)50-42)25-8-10-26(11-9-25)34-21-47-41(49-34)35-20-32-24(5)39(32)54(35)44(56)37(23(3)4)52-46(58)60-7/h8-11,13-14,16-18,21-24,29-30,32,35-37,39-40H,12,15,19-20H2,1-7H3,(H,47,49)(H,48,50)(H,51,57)(H,52,58)/t24-,29+,30-,32+,35+,36+,37+,39-,40+/m1/s1. The van der Waals surface area contributed by atoms with Crippen LogP contribution < -0.4 is 10.6 Å². The van der Waals surface area contributed by atoms with E-state index in [1.54, 1.807) is 0 Å². The average Bonchev–Trinajstić information content (AvgIpc) is 3.97. The number of nitrogens with zero attached hydrogens (tertiary/aromatic N) is 4. The number of hydrogen-bond donors (Lipinski definition) is 4. The molecule has 2 aliphatic heterocycles. The van der Waals surface area contributed by atoms with Crippen molar-refractivity contribution in [2.24, 2.45) is 29.6 Å². The zero-order valence-electron chi connectivity index (χ0n) is 35.2. The number of benzene rings is 3. The van der Waals surface area contributed by atoms with Gasteiger partial charge in [-0.3, -0.25) is 9.59 Å². The Morgan fingerprint density at radius 3 is 2.08 bits per heavy atom. The van der Waals surface area contributed by atoms with Crippen LogP contribution in [0.3, 0.4) is 0 Å². The van der Waals surface area contributed by atoms with Gasteiger partial charge in [0.1, 0.15) is 23.7 Å². The first kappa shape index (κ1) is 39.5. The third-order valence-corrected chi connectivity index (χ3v) is 13.8. The van der Waals surface area contributed by atoms with Gasteiger partial charge in [-0.1, -0.05) is 77.1 Å². The molecule has 4 N–H and O–H groups in total. The van der Waals surface area contributed by atoms with Crippen molar-refractivity contribution in [2.75, 3.05) is 14.2 Å². The summed E-state index contributed by atoms with van der Waals surface area (Å²) in [4.78, 5) is 73.3. The van der Waals surface area contributed by atoms with Crippen molar-refractivity contribution in [3.63, 3.8) is 0 Å². The number of likely N-dealkylation sites (tertiary alicyclic amines) is 2. The number of rotatable bonds is 10. The Balaban J connectivity index is 0.935. The van der Waals surface area contributed by atoms with Crippen LogP contribution in [0, 0.1) is 29.6 Å². The van der Waals surface area contributed by atoms with Gasteiger partial charge >= 0.3 is 12.2 Å². The summed E-state index contributed by atoms with van der Waals surface area (Å²) < 4.78 is 9.67. The monoisotopic (exact) mass is 814 g/mol. The maximum atomic E-state index is 14.1. The smallest absolute Gasteiger partial charge is 0.407 e. The number of carbonyl (C=O) groups excluding carboxylic acids is 4. The fourth-order valence-corrected chi connectivity index (χ4v) is 10.5. The molecule has 0 radical (unpaired) electrons. The Bertz CT molecular complexity index is 2480. The number of amides is 4. The highest BCUT2D eigenvalue weighted by atomic mass is 16.5. The predicted octanol–water partition coefficient (Wildman–Crippen LogP) is 7.49. The third kappa shape index (κ3) is 6.73. The van der Waals surface area contributed by atoms with Crippen LogP contribution in [0.2, 0.25) is 0 Å². The fraction of sp³-hybridized carbons (Fsp3) is 0.478. The molecular formula is C46H54N8O6. The summed E-state index contributed by atoms with van der Waals surface area (Å²) in [6.07, 6.45) is 4.35. The second-order valence-electron chi connectivity index (χ2n) is 17.9. The average molecular weight is 815 g/mol. The van der Waals surface area contributed by atoms with Crippen LogP contribution in [-0.4, -0.2) is 92.1 Å². The lowest BCUT2D eigenvalue weighted by Gasteiger charge is -2.37. The number of ether oxygens (including phenoxy) is 2. The molecule has 0 spiro atoms. The van der Waals surface area contributed by atoms with E-state index in [2.05, 4.69) is 76.1 Å². The quantitative estimate of drug-likeness (QED) is 0.112. The highest BCUT2D eigenvalue weighted by molar-refractivity contribution is 6.05. The highest BCUT2D eigenvalue weighted by Gasteiger charge is 2.61. The van der Waals surface area contributed by atoms with Gasteiger partial charge in [0.15, 0.2) is 0 Å². The van der Waals surface area contributed by atoms with Gasteiger partial charge in [0, 0.05) is 17.5 Å². The molecule has 14 nitrogen and oxygen atoms in total. The largest absolute Gasteiger partial charge is 0.453 e. The van der Waals surface area contributed by atoms with Crippen LogP contribution in [0.1, 0.15) is 84.0 Å². The molecule has 5 aromatic rings. The topological polar surface area (TPSA) is 175 Å². The van der Waals surface area contributed by atoms with E-state index >= 15 is 0 Å². The van der Waals surface area contributed by atoms with E-state index in [4.69, 9.17) is 19.4 Å². The van der Waals surface area contributed by atoms with Crippen LogP contribution in [0.5, 0.6) is 0 Å². The molecule has 60 heavy (non-hydrogen) atoms. The number of aromatic amines is 2. The van der Waals surface area contributed by atoms with E-state index in [1.165, 1.54) is 14.2 Å². The molecule has 9 atom stereocenters. The third-order valence-electron chi connectivity index (χ3n) is 13.8. The lowest BCUT2D eigenvalue weighted by molar-refractivity contribution is -0.139. The molecule has 2 bridgehead atoms. The molecular weight excluding hydrogens is 761 g/mol. The number of imidazole rings is 2. The number of piperidine rings is 2. The minimum atomic E-state index is -0.691. The first-order valence-corrected chi connectivity index (χ1v) is 21.3. The normalized spacial score (nSPS) is 25.2. The maximum Gasteiger partial charge on any atom is 0.407 e. The van der Waals surface area contributed by atoms with Crippen LogP contribution in [-0.2, 0) is 19.1 Å². The number of methoxy groups -OCH3 is 2. The Labute approximate surface area is 349 Å². The molecule has 4 amide bonds. The van der Waals surface area contributed by atoms with Crippen molar-refractivity contribution in [3.8, 4) is 22.4 Å². The zero-order chi connectivity index (χ0) is 42.1. The number of nitrogens with one attached hydrogen (secondary N) is 4. The molecule has 4 heterocycles. The molecule has 314 valence electrons. The van der Waals surface area contributed by atoms with Crippen molar-refractivity contribution in [2.45, 2.75) is 96.6 Å². The molecule has 3 aromatic carbocycles. The Kier molecular flexibility index (Phi) is 10.1. The molecule has 0 unspecified atom stereocenters.